The molecule has 0 aliphatic rings. The fraction of sp³-hybridized carbons (Fsp3) is 0.600. The van der Waals surface area contributed by atoms with Gasteiger partial charge >= 0.3 is 0 Å². The van der Waals surface area contributed by atoms with Crippen molar-refractivity contribution in [2.45, 2.75) is 27.7 Å². The SMILES string of the molecule is CC(=O)O.CC(=O)O.CC(=O)O.CC(=O)O.NCCN.O.O.O. The molecule has 0 aliphatic carbocycles. The first kappa shape index (κ1) is 49.8. The van der Waals surface area contributed by atoms with E-state index in [4.69, 9.17) is 51.1 Å². The molecule has 0 atom stereocenters. The van der Waals surface area contributed by atoms with Crippen LogP contribution in [0.15, 0.2) is 0 Å². The highest BCUT2D eigenvalue weighted by molar-refractivity contribution is 5.63. The lowest BCUT2D eigenvalue weighted by molar-refractivity contribution is -0.135. The molecule has 0 aromatic rings. The lowest BCUT2D eigenvalue weighted by atomic mass is 10.7. The van der Waals surface area contributed by atoms with Crippen LogP contribution in [0.1, 0.15) is 27.7 Å². The van der Waals surface area contributed by atoms with Gasteiger partial charge in [0.1, 0.15) is 0 Å². The summed E-state index contributed by atoms with van der Waals surface area (Å²) in [5, 5.41) is 29.7. The largest absolute Gasteiger partial charge is 0.481 e. The van der Waals surface area contributed by atoms with Crippen molar-refractivity contribution in [2.24, 2.45) is 11.5 Å². The van der Waals surface area contributed by atoms with Gasteiger partial charge in [-0.2, -0.15) is 0 Å². The summed E-state index contributed by atoms with van der Waals surface area (Å²) in [5.41, 5.74) is 9.81. The lowest BCUT2D eigenvalue weighted by Gasteiger charge is -1.72. The van der Waals surface area contributed by atoms with Crippen molar-refractivity contribution >= 4 is 23.9 Å². The van der Waals surface area contributed by atoms with Crippen LogP contribution < -0.4 is 11.5 Å². The normalized spacial score (nSPS) is 5.65. The topological polar surface area (TPSA) is 296 Å². The molecule has 0 rings (SSSR count). The van der Waals surface area contributed by atoms with E-state index in [1.807, 2.05) is 0 Å². The first-order valence-electron chi connectivity index (χ1n) is 5.03. The standard InChI is InChI=1S/C2H8N2.4C2H4O2.3H2O/c3-1-2-4;4*1-2(3)4;;;/h1-4H2;4*1H3,(H,3,4);3*1H2. The van der Waals surface area contributed by atoms with Crippen LogP contribution in [0.3, 0.4) is 0 Å². The van der Waals surface area contributed by atoms with E-state index in [1.54, 1.807) is 0 Å². The van der Waals surface area contributed by atoms with Crippen molar-refractivity contribution in [3.05, 3.63) is 0 Å². The number of carboxylic acid groups (broad SMARTS) is 4. The maximum absolute atomic E-state index is 9.00. The average Bonchev–Trinajstić information content (AvgIpc) is 2.13. The summed E-state index contributed by atoms with van der Waals surface area (Å²) in [7, 11) is 0. The Labute approximate surface area is 133 Å². The van der Waals surface area contributed by atoms with Gasteiger partial charge in [0.05, 0.1) is 0 Å². The number of hydrogen-bond donors (Lipinski definition) is 6. The van der Waals surface area contributed by atoms with E-state index in [1.165, 1.54) is 0 Å². The first-order valence-corrected chi connectivity index (χ1v) is 5.03. The van der Waals surface area contributed by atoms with Gasteiger partial charge in [0.25, 0.3) is 23.9 Å². The zero-order valence-electron chi connectivity index (χ0n) is 13.5. The maximum Gasteiger partial charge on any atom is 0.300 e. The minimum absolute atomic E-state index is 0. The molecule has 23 heavy (non-hydrogen) atoms. The Hall–Kier alpha value is -2.32. The molecular weight excluding hydrogens is 324 g/mol. The van der Waals surface area contributed by atoms with Crippen LogP contribution in [-0.4, -0.2) is 73.8 Å². The van der Waals surface area contributed by atoms with E-state index in [0.29, 0.717) is 13.1 Å². The number of rotatable bonds is 1. The Balaban J connectivity index is -0.0000000197. The summed E-state index contributed by atoms with van der Waals surface area (Å²) in [4.78, 5) is 36.0. The molecule has 0 unspecified atom stereocenters. The fourth-order valence-corrected chi connectivity index (χ4v) is 0. The van der Waals surface area contributed by atoms with Crippen LogP contribution in [0, 0.1) is 0 Å². The van der Waals surface area contributed by atoms with Crippen molar-refractivity contribution in [1.29, 1.82) is 0 Å². The molecule has 0 saturated carbocycles. The first-order chi connectivity index (χ1) is 8.84. The van der Waals surface area contributed by atoms with Crippen LogP contribution in [0.25, 0.3) is 0 Å². The minimum Gasteiger partial charge on any atom is -0.481 e. The molecule has 0 radical (unpaired) electrons. The molecule has 0 fully saturated rings. The quantitative estimate of drug-likeness (QED) is 0.273. The third-order valence-electron chi connectivity index (χ3n) is 0.167. The van der Waals surface area contributed by atoms with Gasteiger partial charge in [-0.05, 0) is 0 Å². The maximum atomic E-state index is 9.00. The highest BCUT2D eigenvalue weighted by Gasteiger charge is 1.66. The Bertz CT molecular complexity index is 193. The van der Waals surface area contributed by atoms with Crippen LogP contribution in [0.2, 0.25) is 0 Å². The van der Waals surface area contributed by atoms with Crippen LogP contribution in [0.4, 0.5) is 0 Å². The zero-order chi connectivity index (χ0) is 17.7. The minimum atomic E-state index is -0.833. The van der Waals surface area contributed by atoms with Gasteiger partial charge in [-0.1, -0.05) is 0 Å². The van der Waals surface area contributed by atoms with E-state index in [0.717, 1.165) is 27.7 Å². The Kier molecular flexibility index (Phi) is 109. The second-order valence-corrected chi connectivity index (χ2v) is 2.65. The summed E-state index contributed by atoms with van der Waals surface area (Å²) in [6.07, 6.45) is 0. The summed E-state index contributed by atoms with van der Waals surface area (Å²) in [5.74, 6) is -3.33. The number of carbonyl (C=O) groups is 4. The number of aliphatic carboxylic acids is 4. The molecule has 0 heterocycles. The molecule has 0 bridgehead atoms. The second kappa shape index (κ2) is 50.3. The van der Waals surface area contributed by atoms with E-state index in [9.17, 15) is 0 Å². The monoisotopic (exact) mass is 354 g/mol. The van der Waals surface area contributed by atoms with Crippen molar-refractivity contribution in [1.82, 2.24) is 0 Å². The van der Waals surface area contributed by atoms with Crippen molar-refractivity contribution in [3.8, 4) is 0 Å². The number of hydrogen-bond acceptors (Lipinski definition) is 6. The average molecular weight is 354 g/mol. The van der Waals surface area contributed by atoms with Gasteiger partial charge in [0.2, 0.25) is 0 Å². The lowest BCUT2D eigenvalue weighted by Crippen LogP contribution is -2.11. The molecule has 0 aromatic carbocycles. The third kappa shape index (κ3) is 3530. The Morgan fingerprint density at radius 2 is 0.609 bits per heavy atom. The van der Waals surface area contributed by atoms with Gasteiger partial charge in [-0.25, -0.2) is 0 Å². The Morgan fingerprint density at radius 3 is 0.609 bits per heavy atom. The summed E-state index contributed by atoms with van der Waals surface area (Å²) >= 11 is 0. The molecular formula is C10H30N2O11. The van der Waals surface area contributed by atoms with Gasteiger partial charge in [0.15, 0.2) is 0 Å². The molecule has 14 N–H and O–H groups in total. The molecule has 0 aliphatic heterocycles. The number of carboxylic acids is 4. The highest BCUT2D eigenvalue weighted by atomic mass is 16.4. The molecule has 13 heteroatoms. The van der Waals surface area contributed by atoms with Gasteiger partial charge < -0.3 is 48.3 Å². The highest BCUT2D eigenvalue weighted by Crippen LogP contribution is 1.43. The molecule has 0 aromatic heterocycles. The fourth-order valence-electron chi connectivity index (χ4n) is 0. The van der Waals surface area contributed by atoms with Crippen LogP contribution in [0.5, 0.6) is 0 Å². The predicted molar refractivity (Wildman–Crippen MR) is 82.2 cm³/mol. The molecule has 13 nitrogen and oxygen atoms in total. The van der Waals surface area contributed by atoms with Crippen molar-refractivity contribution in [2.75, 3.05) is 13.1 Å². The predicted octanol–water partition coefficient (Wildman–Crippen LogP) is -3.21. The molecule has 0 amide bonds. The zero-order valence-corrected chi connectivity index (χ0v) is 13.5. The summed E-state index contributed by atoms with van der Waals surface area (Å²) < 4.78 is 0. The van der Waals surface area contributed by atoms with Crippen molar-refractivity contribution < 1.29 is 56.0 Å². The second-order valence-electron chi connectivity index (χ2n) is 2.65. The van der Waals surface area contributed by atoms with Gasteiger partial charge in [0, 0.05) is 40.8 Å². The summed E-state index contributed by atoms with van der Waals surface area (Å²) in [6.45, 7) is 5.53. The van der Waals surface area contributed by atoms with E-state index >= 15 is 0 Å². The van der Waals surface area contributed by atoms with E-state index in [-0.39, 0.29) is 16.4 Å². The van der Waals surface area contributed by atoms with Gasteiger partial charge in [-0.3, -0.25) is 19.2 Å². The van der Waals surface area contributed by atoms with E-state index < -0.39 is 23.9 Å². The molecule has 146 valence electrons. The van der Waals surface area contributed by atoms with Crippen molar-refractivity contribution in [3.63, 3.8) is 0 Å². The van der Waals surface area contributed by atoms with E-state index in [2.05, 4.69) is 0 Å². The molecule has 0 spiro atoms. The Morgan fingerprint density at radius 1 is 0.565 bits per heavy atom. The van der Waals surface area contributed by atoms with Crippen LogP contribution >= 0.6 is 0 Å². The third-order valence-corrected chi connectivity index (χ3v) is 0.167. The smallest absolute Gasteiger partial charge is 0.300 e. The number of nitrogens with two attached hydrogens (primary N) is 2. The van der Waals surface area contributed by atoms with Gasteiger partial charge in [-0.15, -0.1) is 0 Å². The van der Waals surface area contributed by atoms with Crippen LogP contribution in [-0.2, 0) is 19.2 Å². The molecule has 0 saturated heterocycles. The summed E-state index contributed by atoms with van der Waals surface area (Å²) in [6, 6.07) is 0.